The molecule has 1 saturated carbocycles. The van der Waals surface area contributed by atoms with Crippen LogP contribution in [0.5, 0.6) is 0 Å². The lowest BCUT2D eigenvalue weighted by Gasteiger charge is -2.04. The number of nitrogens with one attached hydrogen (secondary N) is 1. The Morgan fingerprint density at radius 1 is 1.26 bits per heavy atom. The van der Waals surface area contributed by atoms with Crippen LogP contribution in [0.2, 0.25) is 0 Å². The van der Waals surface area contributed by atoms with Crippen LogP contribution in [0.25, 0.3) is 11.1 Å². The third-order valence-corrected chi connectivity index (χ3v) is 5.19. The Morgan fingerprint density at radius 3 is 2.58 bits per heavy atom. The SMILES string of the molecule is CC1(C)C(CNc2nc3cc(N)ccc3o2)C1(C)C. The molecule has 2 aromatic rings. The van der Waals surface area contributed by atoms with Gasteiger partial charge in [-0.3, -0.25) is 0 Å². The molecule has 0 radical (unpaired) electrons. The lowest BCUT2D eigenvalue weighted by atomic mass is 10.0. The fourth-order valence-electron chi connectivity index (χ4n) is 3.05. The Bertz CT molecular complexity index is 613. The molecule has 19 heavy (non-hydrogen) atoms. The van der Waals surface area contributed by atoms with E-state index in [2.05, 4.69) is 38.0 Å². The van der Waals surface area contributed by atoms with E-state index in [-0.39, 0.29) is 0 Å². The van der Waals surface area contributed by atoms with Gasteiger partial charge < -0.3 is 15.5 Å². The van der Waals surface area contributed by atoms with Crippen LogP contribution in [0.4, 0.5) is 11.7 Å². The largest absolute Gasteiger partial charge is 0.424 e. The van der Waals surface area contributed by atoms with E-state index in [4.69, 9.17) is 10.2 Å². The molecule has 1 aromatic carbocycles. The third kappa shape index (κ3) is 1.78. The van der Waals surface area contributed by atoms with Gasteiger partial charge in [-0.15, -0.1) is 0 Å². The number of nitrogens with two attached hydrogens (primary N) is 1. The van der Waals surface area contributed by atoms with Crippen molar-refractivity contribution in [1.82, 2.24) is 4.98 Å². The molecule has 3 N–H and O–H groups in total. The predicted molar refractivity (Wildman–Crippen MR) is 78.0 cm³/mol. The van der Waals surface area contributed by atoms with Crippen molar-refractivity contribution in [1.29, 1.82) is 0 Å². The summed E-state index contributed by atoms with van der Waals surface area (Å²) in [7, 11) is 0. The number of nitrogen functional groups attached to an aromatic ring is 1. The fourth-order valence-corrected chi connectivity index (χ4v) is 3.05. The number of anilines is 2. The van der Waals surface area contributed by atoms with Crippen molar-refractivity contribution in [3.8, 4) is 0 Å². The fraction of sp³-hybridized carbons (Fsp3) is 0.533. The molecule has 0 bridgehead atoms. The summed E-state index contributed by atoms with van der Waals surface area (Å²) >= 11 is 0. The Balaban J connectivity index is 1.73. The number of oxazole rings is 1. The van der Waals surface area contributed by atoms with Crippen LogP contribution in [0.1, 0.15) is 27.7 Å². The molecular weight excluding hydrogens is 238 g/mol. The standard InChI is InChI=1S/C15H21N3O/c1-14(2)12(15(14,3)4)8-17-13-18-10-7-9(16)5-6-11(10)19-13/h5-7,12H,8,16H2,1-4H3,(H,17,18). The van der Waals surface area contributed by atoms with Gasteiger partial charge in [0.1, 0.15) is 5.52 Å². The monoisotopic (exact) mass is 259 g/mol. The van der Waals surface area contributed by atoms with Gasteiger partial charge in [0, 0.05) is 12.2 Å². The van der Waals surface area contributed by atoms with Crippen LogP contribution in [0.15, 0.2) is 22.6 Å². The topological polar surface area (TPSA) is 64.1 Å². The smallest absolute Gasteiger partial charge is 0.295 e. The van der Waals surface area contributed by atoms with E-state index in [1.54, 1.807) is 0 Å². The van der Waals surface area contributed by atoms with Crippen LogP contribution in [-0.2, 0) is 0 Å². The molecule has 1 heterocycles. The van der Waals surface area contributed by atoms with Crippen molar-refractivity contribution < 1.29 is 4.42 Å². The highest BCUT2D eigenvalue weighted by Crippen LogP contribution is 2.68. The molecule has 0 atom stereocenters. The number of rotatable bonds is 3. The maximum Gasteiger partial charge on any atom is 0.295 e. The van der Waals surface area contributed by atoms with E-state index in [0.29, 0.717) is 28.4 Å². The van der Waals surface area contributed by atoms with Crippen LogP contribution < -0.4 is 11.1 Å². The maximum absolute atomic E-state index is 5.73. The first-order chi connectivity index (χ1) is 8.82. The summed E-state index contributed by atoms with van der Waals surface area (Å²) in [6.07, 6.45) is 0. The lowest BCUT2D eigenvalue weighted by Crippen LogP contribution is -2.08. The average Bonchev–Trinajstić information content (AvgIpc) is 2.63. The zero-order valence-corrected chi connectivity index (χ0v) is 11.9. The van der Waals surface area contributed by atoms with Gasteiger partial charge in [-0.25, -0.2) is 0 Å². The summed E-state index contributed by atoms with van der Waals surface area (Å²) in [4.78, 5) is 4.41. The first-order valence-corrected chi connectivity index (χ1v) is 6.72. The molecule has 1 fully saturated rings. The number of hydrogen-bond donors (Lipinski definition) is 2. The van der Waals surface area contributed by atoms with Crippen molar-refractivity contribution in [2.75, 3.05) is 17.6 Å². The van der Waals surface area contributed by atoms with Crippen molar-refractivity contribution >= 4 is 22.8 Å². The van der Waals surface area contributed by atoms with Gasteiger partial charge in [-0.2, -0.15) is 4.98 Å². The van der Waals surface area contributed by atoms with E-state index in [1.807, 2.05) is 18.2 Å². The molecule has 102 valence electrons. The molecular formula is C15H21N3O. The van der Waals surface area contributed by atoms with Crippen LogP contribution in [0, 0.1) is 16.7 Å². The highest BCUT2D eigenvalue weighted by Gasteiger charge is 2.64. The summed E-state index contributed by atoms with van der Waals surface area (Å²) in [6, 6.07) is 6.09. The van der Waals surface area contributed by atoms with E-state index < -0.39 is 0 Å². The van der Waals surface area contributed by atoms with E-state index in [1.165, 1.54) is 0 Å². The van der Waals surface area contributed by atoms with Crippen molar-refractivity contribution in [2.45, 2.75) is 27.7 Å². The number of aromatic nitrogens is 1. The minimum Gasteiger partial charge on any atom is -0.424 e. The second-order valence-corrected chi connectivity index (χ2v) is 6.62. The van der Waals surface area contributed by atoms with Crippen molar-refractivity contribution in [3.63, 3.8) is 0 Å². The average molecular weight is 259 g/mol. The minimum absolute atomic E-state index is 0.371. The predicted octanol–water partition coefficient (Wildman–Crippen LogP) is 3.50. The molecule has 3 rings (SSSR count). The number of fused-ring (bicyclic) bond motifs is 1. The highest BCUT2D eigenvalue weighted by molar-refractivity contribution is 5.78. The van der Waals surface area contributed by atoms with Gasteiger partial charge in [0.25, 0.3) is 6.01 Å². The number of nitrogens with zero attached hydrogens (tertiary/aromatic N) is 1. The molecule has 1 aliphatic rings. The second kappa shape index (κ2) is 3.65. The maximum atomic E-state index is 5.73. The molecule has 0 spiro atoms. The molecule has 0 unspecified atom stereocenters. The molecule has 1 aliphatic carbocycles. The molecule has 1 aromatic heterocycles. The van der Waals surface area contributed by atoms with Crippen LogP contribution in [-0.4, -0.2) is 11.5 Å². The van der Waals surface area contributed by atoms with Gasteiger partial charge in [0.2, 0.25) is 0 Å². The third-order valence-electron chi connectivity index (χ3n) is 5.19. The number of hydrogen-bond acceptors (Lipinski definition) is 4. The van der Waals surface area contributed by atoms with Gasteiger partial charge in [0.05, 0.1) is 0 Å². The summed E-state index contributed by atoms with van der Waals surface area (Å²) < 4.78 is 5.66. The molecule has 4 nitrogen and oxygen atoms in total. The summed E-state index contributed by atoms with van der Waals surface area (Å²) in [6.45, 7) is 10.1. The van der Waals surface area contributed by atoms with Gasteiger partial charge in [0.15, 0.2) is 5.58 Å². The van der Waals surface area contributed by atoms with E-state index in [9.17, 15) is 0 Å². The Morgan fingerprint density at radius 2 is 1.95 bits per heavy atom. The molecule has 0 saturated heterocycles. The zero-order chi connectivity index (χ0) is 13.8. The Labute approximate surface area is 113 Å². The van der Waals surface area contributed by atoms with Crippen molar-refractivity contribution in [3.05, 3.63) is 18.2 Å². The second-order valence-electron chi connectivity index (χ2n) is 6.62. The van der Waals surface area contributed by atoms with E-state index >= 15 is 0 Å². The van der Waals surface area contributed by atoms with Gasteiger partial charge >= 0.3 is 0 Å². The van der Waals surface area contributed by atoms with Gasteiger partial charge in [-0.1, -0.05) is 27.7 Å². The quantitative estimate of drug-likeness (QED) is 0.828. The summed E-state index contributed by atoms with van der Waals surface area (Å²) in [5.41, 5.74) is 8.75. The summed E-state index contributed by atoms with van der Waals surface area (Å²) in [5, 5.41) is 3.31. The van der Waals surface area contributed by atoms with E-state index in [0.717, 1.165) is 17.6 Å². The molecule has 4 heteroatoms. The number of benzene rings is 1. The normalized spacial score (nSPS) is 20.6. The minimum atomic E-state index is 0.371. The van der Waals surface area contributed by atoms with Crippen molar-refractivity contribution in [2.24, 2.45) is 16.7 Å². The first-order valence-electron chi connectivity index (χ1n) is 6.72. The van der Waals surface area contributed by atoms with Gasteiger partial charge in [-0.05, 0) is 34.9 Å². The van der Waals surface area contributed by atoms with Crippen LogP contribution >= 0.6 is 0 Å². The first kappa shape index (κ1) is 12.3. The Kier molecular flexibility index (Phi) is 2.37. The van der Waals surface area contributed by atoms with Crippen LogP contribution in [0.3, 0.4) is 0 Å². The highest BCUT2D eigenvalue weighted by atomic mass is 16.4. The molecule has 0 amide bonds. The zero-order valence-electron chi connectivity index (χ0n) is 11.9. The molecule has 0 aliphatic heterocycles. The Hall–Kier alpha value is -1.71. The summed E-state index contributed by atoms with van der Waals surface area (Å²) in [5.74, 6) is 0.639. The lowest BCUT2D eigenvalue weighted by molar-refractivity contribution is 0.457.